The van der Waals surface area contributed by atoms with Crippen molar-refractivity contribution in [2.75, 3.05) is 11.6 Å². The normalized spacial score (nSPS) is 21.3. The van der Waals surface area contributed by atoms with E-state index in [2.05, 4.69) is 10.1 Å². The molecule has 0 amide bonds. The third-order valence-electron chi connectivity index (χ3n) is 3.82. The number of thiazole rings is 1. The van der Waals surface area contributed by atoms with E-state index < -0.39 is 35.9 Å². The summed E-state index contributed by atoms with van der Waals surface area (Å²) in [5.74, 6) is -5.57. The highest BCUT2D eigenvalue weighted by Gasteiger charge is 2.67. The number of rotatable bonds is 5. The van der Waals surface area contributed by atoms with Crippen molar-refractivity contribution in [2.24, 2.45) is 10.5 Å². The molecule has 0 aliphatic carbocycles. The SMILES string of the molecule is CCOC(=O)c1csc(N2N=C(C(C)(C)C)C[C@@]2(O)C(F)(F)C(F)F)n1. The first kappa shape index (κ1) is 20.6. The van der Waals surface area contributed by atoms with Gasteiger partial charge in [0.15, 0.2) is 5.69 Å². The van der Waals surface area contributed by atoms with Crippen LogP contribution in [0.4, 0.5) is 22.7 Å². The molecule has 146 valence electrons. The van der Waals surface area contributed by atoms with Gasteiger partial charge in [-0.15, -0.1) is 11.3 Å². The summed E-state index contributed by atoms with van der Waals surface area (Å²) < 4.78 is 59.1. The van der Waals surface area contributed by atoms with E-state index in [1.54, 1.807) is 27.7 Å². The van der Waals surface area contributed by atoms with Gasteiger partial charge in [0.05, 0.1) is 6.61 Å². The zero-order valence-electron chi connectivity index (χ0n) is 14.6. The van der Waals surface area contributed by atoms with Gasteiger partial charge in [0, 0.05) is 22.9 Å². The molecule has 11 heteroatoms. The van der Waals surface area contributed by atoms with Crippen LogP contribution in [0.5, 0.6) is 0 Å². The second-order valence-corrected chi connectivity index (χ2v) is 7.60. The maximum atomic E-state index is 14.2. The van der Waals surface area contributed by atoms with Gasteiger partial charge in [-0.25, -0.2) is 23.6 Å². The van der Waals surface area contributed by atoms with Crippen LogP contribution in [0.3, 0.4) is 0 Å². The number of carbonyl (C=O) groups excluding carboxylic acids is 1. The number of ether oxygens (including phenoxy) is 1. The lowest BCUT2D eigenvalue weighted by molar-refractivity contribution is -0.237. The minimum atomic E-state index is -4.78. The Morgan fingerprint density at radius 2 is 2.08 bits per heavy atom. The molecule has 1 aromatic rings. The molecule has 0 saturated heterocycles. The summed E-state index contributed by atoms with van der Waals surface area (Å²) >= 11 is 0.712. The minimum absolute atomic E-state index is 0.0785. The van der Waals surface area contributed by atoms with E-state index in [4.69, 9.17) is 4.74 Å². The predicted molar refractivity (Wildman–Crippen MR) is 88.0 cm³/mol. The van der Waals surface area contributed by atoms with E-state index in [1.165, 1.54) is 5.38 Å². The van der Waals surface area contributed by atoms with Crippen LogP contribution in [0.1, 0.15) is 44.6 Å². The minimum Gasteiger partial charge on any atom is -0.461 e. The number of esters is 1. The molecule has 1 aliphatic rings. The van der Waals surface area contributed by atoms with E-state index in [1.807, 2.05) is 0 Å². The number of alkyl halides is 4. The molecule has 0 unspecified atom stereocenters. The number of hydrogen-bond donors (Lipinski definition) is 1. The van der Waals surface area contributed by atoms with Crippen molar-refractivity contribution >= 4 is 28.1 Å². The lowest BCUT2D eigenvalue weighted by Gasteiger charge is -2.36. The molecule has 0 bridgehead atoms. The zero-order chi connectivity index (χ0) is 19.9. The maximum absolute atomic E-state index is 14.2. The molecule has 0 fully saturated rings. The monoisotopic (exact) mass is 397 g/mol. The summed E-state index contributed by atoms with van der Waals surface area (Å²) in [7, 11) is 0. The van der Waals surface area contributed by atoms with Gasteiger partial charge < -0.3 is 9.84 Å². The molecule has 26 heavy (non-hydrogen) atoms. The standard InChI is InChI=1S/C15H19F4N3O3S/c1-5-25-10(23)8-7-26-12(20-8)22-14(24,15(18,19)11(16)17)6-9(21-22)13(2,3)4/h7,11,24H,5-6H2,1-4H3/t14-/m1/s1. The summed E-state index contributed by atoms with van der Waals surface area (Å²) in [6.07, 6.45) is -4.91. The number of nitrogens with zero attached hydrogens (tertiary/aromatic N) is 3. The number of hydrazone groups is 1. The van der Waals surface area contributed by atoms with E-state index in [0.29, 0.717) is 16.3 Å². The van der Waals surface area contributed by atoms with Crippen LogP contribution < -0.4 is 5.01 Å². The third-order valence-corrected chi connectivity index (χ3v) is 4.63. The average molecular weight is 397 g/mol. The molecule has 0 radical (unpaired) electrons. The van der Waals surface area contributed by atoms with Crippen molar-refractivity contribution in [1.82, 2.24) is 4.98 Å². The molecular formula is C15H19F4N3O3S. The van der Waals surface area contributed by atoms with Crippen molar-refractivity contribution in [3.05, 3.63) is 11.1 Å². The van der Waals surface area contributed by atoms with Crippen LogP contribution in [0.15, 0.2) is 10.5 Å². The van der Waals surface area contributed by atoms with Crippen LogP contribution in [-0.4, -0.2) is 46.5 Å². The molecule has 0 spiro atoms. The lowest BCUT2D eigenvalue weighted by Crippen LogP contribution is -2.60. The highest BCUT2D eigenvalue weighted by Crippen LogP contribution is 2.47. The highest BCUT2D eigenvalue weighted by molar-refractivity contribution is 7.14. The zero-order valence-corrected chi connectivity index (χ0v) is 15.4. The van der Waals surface area contributed by atoms with Crippen LogP contribution in [-0.2, 0) is 4.74 Å². The summed E-state index contributed by atoms with van der Waals surface area (Å²) in [4.78, 5) is 15.5. The number of hydrogen-bond acceptors (Lipinski definition) is 7. The smallest absolute Gasteiger partial charge is 0.357 e. The Balaban J connectivity index is 2.50. The maximum Gasteiger partial charge on any atom is 0.357 e. The Bertz CT molecular complexity index is 717. The second kappa shape index (κ2) is 6.76. The van der Waals surface area contributed by atoms with Gasteiger partial charge in [0.2, 0.25) is 10.9 Å². The van der Waals surface area contributed by atoms with Crippen LogP contribution in [0, 0.1) is 5.41 Å². The van der Waals surface area contributed by atoms with Gasteiger partial charge in [0.25, 0.3) is 0 Å². The molecular weight excluding hydrogens is 378 g/mol. The molecule has 1 atom stereocenters. The Morgan fingerprint density at radius 3 is 2.58 bits per heavy atom. The number of halogens is 4. The summed E-state index contributed by atoms with van der Waals surface area (Å²) in [6, 6.07) is 0. The van der Waals surface area contributed by atoms with Crippen LogP contribution in [0.2, 0.25) is 0 Å². The first-order chi connectivity index (χ1) is 11.8. The van der Waals surface area contributed by atoms with Crippen molar-refractivity contribution in [3.63, 3.8) is 0 Å². The average Bonchev–Trinajstić information content (AvgIpc) is 3.11. The van der Waals surface area contributed by atoms with Gasteiger partial charge in [-0.2, -0.15) is 13.9 Å². The van der Waals surface area contributed by atoms with Crippen LogP contribution in [0.25, 0.3) is 0 Å². The summed E-state index contributed by atoms with van der Waals surface area (Å²) in [5, 5.41) is 15.7. The molecule has 1 aliphatic heterocycles. The van der Waals surface area contributed by atoms with Crippen molar-refractivity contribution < 1.29 is 32.2 Å². The van der Waals surface area contributed by atoms with E-state index in [-0.39, 0.29) is 23.1 Å². The van der Waals surface area contributed by atoms with Crippen molar-refractivity contribution in [1.29, 1.82) is 0 Å². The molecule has 2 heterocycles. The first-order valence-electron chi connectivity index (χ1n) is 7.73. The molecule has 6 nitrogen and oxygen atoms in total. The van der Waals surface area contributed by atoms with Gasteiger partial charge in [-0.05, 0) is 6.92 Å². The Hall–Kier alpha value is -1.75. The first-order valence-corrected chi connectivity index (χ1v) is 8.61. The molecule has 1 aromatic heterocycles. The second-order valence-electron chi connectivity index (χ2n) is 6.76. The van der Waals surface area contributed by atoms with Gasteiger partial charge in [-0.1, -0.05) is 20.8 Å². The molecule has 0 saturated carbocycles. The van der Waals surface area contributed by atoms with Crippen LogP contribution >= 0.6 is 11.3 Å². The number of carbonyl (C=O) groups is 1. The summed E-state index contributed by atoms with van der Waals surface area (Å²) in [6.45, 7) is 6.62. The number of aliphatic hydroxyl groups is 1. The molecule has 0 aromatic carbocycles. The van der Waals surface area contributed by atoms with E-state index >= 15 is 0 Å². The molecule has 1 N–H and O–H groups in total. The third kappa shape index (κ3) is 3.41. The fourth-order valence-electron chi connectivity index (χ4n) is 2.26. The Kier molecular flexibility index (Phi) is 5.35. The van der Waals surface area contributed by atoms with Gasteiger partial charge in [-0.3, -0.25) is 0 Å². The quantitative estimate of drug-likeness (QED) is 0.608. The van der Waals surface area contributed by atoms with Crippen molar-refractivity contribution in [2.45, 2.75) is 52.2 Å². The highest BCUT2D eigenvalue weighted by atomic mass is 32.1. The topological polar surface area (TPSA) is 75.0 Å². The fourth-order valence-corrected chi connectivity index (χ4v) is 3.07. The molecule has 2 rings (SSSR count). The lowest BCUT2D eigenvalue weighted by atomic mass is 9.84. The summed E-state index contributed by atoms with van der Waals surface area (Å²) in [5.41, 5.74) is -4.13. The van der Waals surface area contributed by atoms with Gasteiger partial charge >= 0.3 is 18.3 Å². The largest absolute Gasteiger partial charge is 0.461 e. The van der Waals surface area contributed by atoms with Crippen molar-refractivity contribution in [3.8, 4) is 0 Å². The van der Waals surface area contributed by atoms with E-state index in [9.17, 15) is 27.5 Å². The van der Waals surface area contributed by atoms with E-state index in [0.717, 1.165) is 0 Å². The van der Waals surface area contributed by atoms with Gasteiger partial charge in [0.1, 0.15) is 0 Å². The number of aromatic nitrogens is 1. The Labute approximate surface area is 151 Å². The predicted octanol–water partition coefficient (Wildman–Crippen LogP) is 3.52. The Morgan fingerprint density at radius 1 is 1.46 bits per heavy atom. The number of anilines is 1. The fraction of sp³-hybridized carbons (Fsp3) is 0.667.